The minimum atomic E-state index is -0.316. The minimum Gasteiger partial charge on any atom is -0.489 e. The first-order chi connectivity index (χ1) is 9.11. The van der Waals surface area contributed by atoms with Crippen LogP contribution in [0.15, 0.2) is 40.9 Å². The molecule has 0 aliphatic heterocycles. The maximum Gasteiger partial charge on any atom is 0.137 e. The van der Waals surface area contributed by atoms with Gasteiger partial charge >= 0.3 is 0 Å². The van der Waals surface area contributed by atoms with E-state index < -0.39 is 0 Å². The van der Waals surface area contributed by atoms with E-state index in [0.717, 1.165) is 11.1 Å². The van der Waals surface area contributed by atoms with Crippen LogP contribution in [0.2, 0.25) is 0 Å². The van der Waals surface area contributed by atoms with Crippen LogP contribution in [0, 0.1) is 24.1 Å². The highest BCUT2D eigenvalue weighted by molar-refractivity contribution is 9.10. The summed E-state index contributed by atoms with van der Waals surface area (Å²) in [6.45, 7) is 2.14. The molecule has 0 bridgehead atoms. The van der Waals surface area contributed by atoms with Gasteiger partial charge in [-0.15, -0.1) is 0 Å². The van der Waals surface area contributed by atoms with Crippen molar-refractivity contribution in [2.24, 2.45) is 0 Å². The maximum absolute atomic E-state index is 13.4. The summed E-state index contributed by atoms with van der Waals surface area (Å²) in [6.07, 6.45) is 0. The molecule has 0 fully saturated rings. The molecule has 2 nitrogen and oxygen atoms in total. The van der Waals surface area contributed by atoms with Gasteiger partial charge in [0.15, 0.2) is 0 Å². The Morgan fingerprint density at radius 3 is 2.84 bits per heavy atom. The second-order valence-electron chi connectivity index (χ2n) is 4.09. The van der Waals surface area contributed by atoms with Gasteiger partial charge in [-0.25, -0.2) is 4.39 Å². The zero-order valence-electron chi connectivity index (χ0n) is 10.3. The van der Waals surface area contributed by atoms with Gasteiger partial charge in [0.1, 0.15) is 18.2 Å². The van der Waals surface area contributed by atoms with Gasteiger partial charge in [-0.05, 0) is 46.6 Å². The monoisotopic (exact) mass is 319 g/mol. The van der Waals surface area contributed by atoms with E-state index in [2.05, 4.69) is 22.0 Å². The van der Waals surface area contributed by atoms with Crippen molar-refractivity contribution < 1.29 is 9.13 Å². The maximum atomic E-state index is 13.4. The van der Waals surface area contributed by atoms with Crippen molar-refractivity contribution in [1.29, 1.82) is 5.26 Å². The lowest BCUT2D eigenvalue weighted by Crippen LogP contribution is -1.99. The van der Waals surface area contributed by atoms with Crippen molar-refractivity contribution in [3.05, 3.63) is 63.4 Å². The fourth-order valence-electron chi connectivity index (χ4n) is 1.64. The number of aryl methyl sites for hydroxylation is 1. The SMILES string of the molecule is Cc1ccc(C#N)cc1OCc1cccc(F)c1Br. The quantitative estimate of drug-likeness (QED) is 0.842. The van der Waals surface area contributed by atoms with Gasteiger partial charge < -0.3 is 4.74 Å². The molecule has 0 atom stereocenters. The van der Waals surface area contributed by atoms with Crippen LogP contribution in [0.4, 0.5) is 4.39 Å². The zero-order chi connectivity index (χ0) is 13.8. The van der Waals surface area contributed by atoms with Gasteiger partial charge in [0.2, 0.25) is 0 Å². The van der Waals surface area contributed by atoms with Gasteiger partial charge in [0.05, 0.1) is 16.1 Å². The summed E-state index contributed by atoms with van der Waals surface area (Å²) >= 11 is 3.19. The van der Waals surface area contributed by atoms with Gasteiger partial charge in [0, 0.05) is 5.56 Å². The predicted molar refractivity (Wildman–Crippen MR) is 74.3 cm³/mol. The fraction of sp³-hybridized carbons (Fsp3) is 0.133. The van der Waals surface area contributed by atoms with Crippen LogP contribution in [0.25, 0.3) is 0 Å². The van der Waals surface area contributed by atoms with Crippen molar-refractivity contribution in [1.82, 2.24) is 0 Å². The van der Waals surface area contributed by atoms with E-state index in [1.54, 1.807) is 24.3 Å². The second-order valence-corrected chi connectivity index (χ2v) is 4.89. The molecule has 0 radical (unpaired) electrons. The summed E-state index contributed by atoms with van der Waals surface area (Å²) in [5.41, 5.74) is 2.20. The number of benzene rings is 2. The Hall–Kier alpha value is -1.86. The molecule has 0 aromatic heterocycles. The second kappa shape index (κ2) is 5.85. The van der Waals surface area contributed by atoms with Crippen LogP contribution in [0.1, 0.15) is 16.7 Å². The Bertz CT molecular complexity index is 649. The largest absolute Gasteiger partial charge is 0.489 e. The van der Waals surface area contributed by atoms with Crippen LogP contribution in [0.3, 0.4) is 0 Å². The van der Waals surface area contributed by atoms with Crippen LogP contribution in [-0.4, -0.2) is 0 Å². The van der Waals surface area contributed by atoms with E-state index >= 15 is 0 Å². The van der Waals surface area contributed by atoms with E-state index in [1.165, 1.54) is 6.07 Å². The van der Waals surface area contributed by atoms with Crippen molar-refractivity contribution in [2.75, 3.05) is 0 Å². The number of nitrogens with zero attached hydrogens (tertiary/aromatic N) is 1. The topological polar surface area (TPSA) is 33.0 Å². The third-order valence-electron chi connectivity index (χ3n) is 2.73. The zero-order valence-corrected chi connectivity index (χ0v) is 11.9. The average Bonchev–Trinajstić information content (AvgIpc) is 2.42. The number of hydrogen-bond donors (Lipinski definition) is 0. The van der Waals surface area contributed by atoms with Gasteiger partial charge in [-0.2, -0.15) is 5.26 Å². The number of hydrogen-bond acceptors (Lipinski definition) is 2. The summed E-state index contributed by atoms with van der Waals surface area (Å²) in [4.78, 5) is 0. The van der Waals surface area contributed by atoms with Gasteiger partial charge in [0.25, 0.3) is 0 Å². The van der Waals surface area contributed by atoms with E-state index in [-0.39, 0.29) is 12.4 Å². The number of rotatable bonds is 3. The molecule has 0 saturated heterocycles. The first kappa shape index (κ1) is 13.6. The van der Waals surface area contributed by atoms with Crippen molar-refractivity contribution >= 4 is 15.9 Å². The van der Waals surface area contributed by atoms with E-state index in [1.807, 2.05) is 13.0 Å². The molecule has 2 aromatic rings. The molecule has 0 saturated carbocycles. The summed E-state index contributed by atoms with van der Waals surface area (Å²) in [5, 5.41) is 8.86. The van der Waals surface area contributed by atoms with E-state index in [0.29, 0.717) is 15.8 Å². The molecule has 0 aliphatic rings. The van der Waals surface area contributed by atoms with Crippen LogP contribution in [0.5, 0.6) is 5.75 Å². The molecule has 96 valence electrons. The highest BCUT2D eigenvalue weighted by Gasteiger charge is 2.07. The summed E-state index contributed by atoms with van der Waals surface area (Å²) in [7, 11) is 0. The number of halogens is 2. The molecule has 0 amide bonds. The van der Waals surface area contributed by atoms with Gasteiger partial charge in [-0.1, -0.05) is 18.2 Å². The molecule has 0 spiro atoms. The molecule has 0 N–H and O–H groups in total. The van der Waals surface area contributed by atoms with Crippen molar-refractivity contribution in [2.45, 2.75) is 13.5 Å². The Kier molecular flexibility index (Phi) is 4.18. The standard InChI is InChI=1S/C15H11BrFNO/c1-10-5-6-11(8-18)7-14(10)19-9-12-3-2-4-13(17)15(12)16/h2-7H,9H2,1H3. The number of nitriles is 1. The highest BCUT2D eigenvalue weighted by atomic mass is 79.9. The molecule has 2 rings (SSSR count). The average molecular weight is 320 g/mol. The van der Waals surface area contributed by atoms with Crippen molar-refractivity contribution in [3.8, 4) is 11.8 Å². The Morgan fingerprint density at radius 1 is 1.32 bits per heavy atom. The Morgan fingerprint density at radius 2 is 2.11 bits per heavy atom. The molecule has 4 heteroatoms. The lowest BCUT2D eigenvalue weighted by atomic mass is 10.1. The molecule has 2 aromatic carbocycles. The Labute approximate surface area is 119 Å². The summed E-state index contributed by atoms with van der Waals surface area (Å²) in [6, 6.07) is 12.1. The van der Waals surface area contributed by atoms with Gasteiger partial charge in [-0.3, -0.25) is 0 Å². The molecule has 19 heavy (non-hydrogen) atoms. The smallest absolute Gasteiger partial charge is 0.137 e. The highest BCUT2D eigenvalue weighted by Crippen LogP contribution is 2.24. The van der Waals surface area contributed by atoms with Crippen molar-refractivity contribution in [3.63, 3.8) is 0 Å². The minimum absolute atomic E-state index is 0.244. The van der Waals surface area contributed by atoms with Crippen LogP contribution in [-0.2, 0) is 6.61 Å². The van der Waals surface area contributed by atoms with Crippen LogP contribution < -0.4 is 4.74 Å². The first-order valence-electron chi connectivity index (χ1n) is 5.68. The summed E-state index contributed by atoms with van der Waals surface area (Å²) < 4.78 is 19.4. The molecular weight excluding hydrogens is 309 g/mol. The first-order valence-corrected chi connectivity index (χ1v) is 6.47. The third kappa shape index (κ3) is 3.12. The molecule has 0 aliphatic carbocycles. The molecular formula is C15H11BrFNO. The van der Waals surface area contributed by atoms with E-state index in [9.17, 15) is 4.39 Å². The molecule has 0 heterocycles. The van der Waals surface area contributed by atoms with E-state index in [4.69, 9.17) is 10.00 Å². The predicted octanol–water partition coefficient (Wildman–Crippen LogP) is 4.35. The number of ether oxygens (including phenoxy) is 1. The normalized spacial score (nSPS) is 10.0. The lowest BCUT2D eigenvalue weighted by Gasteiger charge is -2.10. The molecule has 0 unspecified atom stereocenters. The van der Waals surface area contributed by atoms with Crippen LogP contribution >= 0.6 is 15.9 Å². The Balaban J connectivity index is 2.19. The fourth-order valence-corrected chi connectivity index (χ4v) is 2.02. The summed E-state index contributed by atoms with van der Waals surface area (Å²) in [5.74, 6) is 0.318. The lowest BCUT2D eigenvalue weighted by molar-refractivity contribution is 0.302. The third-order valence-corrected chi connectivity index (χ3v) is 3.62.